The lowest BCUT2D eigenvalue weighted by Crippen LogP contribution is -1.78. The molecular weight excluding hydrogens is 136 g/mol. The zero-order valence-electron chi connectivity index (χ0n) is 4.21. The molecule has 0 atom stereocenters. The van der Waals surface area contributed by atoms with Gasteiger partial charge in [0.1, 0.15) is 10.5 Å². The van der Waals surface area contributed by atoms with Gasteiger partial charge in [0.05, 0.1) is 0 Å². The van der Waals surface area contributed by atoms with Gasteiger partial charge in [-0.05, 0) is 0 Å². The molecule has 0 aliphatic heterocycles. The summed E-state index contributed by atoms with van der Waals surface area (Å²) >= 11 is 0. The van der Waals surface area contributed by atoms with E-state index in [4.69, 9.17) is 14.7 Å². The van der Waals surface area contributed by atoms with Crippen molar-refractivity contribution in [2.75, 3.05) is 0 Å². The fourth-order valence-electron chi connectivity index (χ4n) is 0. The molecule has 0 aromatic carbocycles. The van der Waals surface area contributed by atoms with Crippen LogP contribution in [0.3, 0.4) is 0 Å². The first kappa shape index (κ1) is 15.8. The van der Waals surface area contributed by atoms with Crippen molar-refractivity contribution in [1.29, 1.82) is 0 Å². The van der Waals surface area contributed by atoms with Crippen LogP contribution in [0, 0.1) is 0 Å². The van der Waals surface area contributed by atoms with E-state index in [9.17, 15) is 0 Å². The highest BCUT2D eigenvalue weighted by atomic mass is 35.5. The molecule has 0 unspecified atom stereocenters. The number of aliphatic carboxylic acids is 1. The molecule has 46 valence electrons. The van der Waals surface area contributed by atoms with Gasteiger partial charge in [0, 0.05) is 6.92 Å². The minimum absolute atomic E-state index is 0. The van der Waals surface area contributed by atoms with Crippen LogP contribution >= 0.6 is 12.4 Å². The summed E-state index contributed by atoms with van der Waals surface area (Å²) in [5, 5.41) is 7.42. The summed E-state index contributed by atoms with van der Waals surface area (Å²) in [6.45, 7) is 1.08. The second kappa shape index (κ2) is 16.8. The Kier molecular flexibility index (Phi) is 37.8. The van der Waals surface area contributed by atoms with Crippen molar-refractivity contribution in [2.24, 2.45) is 0 Å². The van der Waals surface area contributed by atoms with Gasteiger partial charge in [-0.3, -0.25) is 4.79 Å². The summed E-state index contributed by atoms with van der Waals surface area (Å²) < 4.78 is 0. The van der Waals surface area contributed by atoms with Crippen molar-refractivity contribution >= 4 is 28.9 Å². The molecule has 0 heterocycles. The summed E-state index contributed by atoms with van der Waals surface area (Å²) in [5.41, 5.74) is 0. The predicted octanol–water partition coefficient (Wildman–Crippen LogP) is -1.23. The van der Waals surface area contributed by atoms with E-state index in [0.29, 0.717) is 10.5 Å². The molecular formula is C2H9ClO3Si. The quantitative estimate of drug-likeness (QED) is 0.419. The van der Waals surface area contributed by atoms with E-state index in [-0.39, 0.29) is 12.4 Å². The Labute approximate surface area is 51.3 Å². The Balaban J connectivity index is -0.0000000480. The van der Waals surface area contributed by atoms with E-state index >= 15 is 0 Å². The van der Waals surface area contributed by atoms with Crippen LogP contribution in [0.1, 0.15) is 6.92 Å². The average molecular weight is 145 g/mol. The monoisotopic (exact) mass is 144 g/mol. The minimum Gasteiger partial charge on any atom is -0.481 e. The molecule has 0 bridgehead atoms. The standard InChI is InChI=1S/C2H4O2.ClH.H4OSi/c1-2(3)4;;1-2/h1H3,(H,3,4);1H;1H,2H3. The molecule has 0 aromatic heterocycles. The Bertz CT molecular complexity index is 35.9. The molecule has 0 rings (SSSR count). The Morgan fingerprint density at radius 2 is 1.57 bits per heavy atom. The highest BCUT2D eigenvalue weighted by molar-refractivity contribution is 5.95. The molecule has 0 saturated heterocycles. The lowest BCUT2D eigenvalue weighted by molar-refractivity contribution is -0.134. The molecule has 0 saturated carbocycles. The number of carboxylic acids is 1. The van der Waals surface area contributed by atoms with E-state index in [0.717, 1.165) is 6.92 Å². The van der Waals surface area contributed by atoms with Crippen molar-refractivity contribution in [3.8, 4) is 0 Å². The van der Waals surface area contributed by atoms with Crippen LogP contribution in [-0.2, 0) is 4.79 Å². The molecule has 0 aliphatic rings. The summed E-state index contributed by atoms with van der Waals surface area (Å²) in [7, 11) is 0.306. The van der Waals surface area contributed by atoms with Gasteiger partial charge in [0.15, 0.2) is 0 Å². The van der Waals surface area contributed by atoms with E-state index in [1.165, 1.54) is 0 Å². The number of rotatable bonds is 0. The summed E-state index contributed by atoms with van der Waals surface area (Å²) in [6, 6.07) is 0. The Hall–Kier alpha value is -0.0631. The normalized spacial score (nSPS) is 4.86. The molecule has 2 N–H and O–H groups in total. The van der Waals surface area contributed by atoms with Crippen molar-refractivity contribution in [3.05, 3.63) is 0 Å². The molecule has 0 fully saturated rings. The maximum absolute atomic E-state index is 9.00. The third-order valence-electron chi connectivity index (χ3n) is 0. The lowest BCUT2D eigenvalue weighted by atomic mass is 10.9. The average Bonchev–Trinajstić information content (AvgIpc) is 1.41. The maximum atomic E-state index is 9.00. The summed E-state index contributed by atoms with van der Waals surface area (Å²) in [6.07, 6.45) is 0. The topological polar surface area (TPSA) is 57.5 Å². The minimum atomic E-state index is -0.833. The van der Waals surface area contributed by atoms with Gasteiger partial charge in [0.25, 0.3) is 5.97 Å². The van der Waals surface area contributed by atoms with Gasteiger partial charge in [-0.2, -0.15) is 0 Å². The SMILES string of the molecule is CC(=O)O.Cl.O[SiH3]. The van der Waals surface area contributed by atoms with Gasteiger partial charge in [-0.25, -0.2) is 0 Å². The fraction of sp³-hybridized carbons (Fsp3) is 0.500. The van der Waals surface area contributed by atoms with Crippen molar-refractivity contribution in [1.82, 2.24) is 0 Å². The lowest BCUT2D eigenvalue weighted by Gasteiger charge is -1.59. The molecule has 5 heteroatoms. The predicted molar refractivity (Wildman–Crippen MR) is 32.7 cm³/mol. The van der Waals surface area contributed by atoms with Crippen LogP contribution in [0.4, 0.5) is 0 Å². The number of hydrogen-bond donors (Lipinski definition) is 2. The molecule has 0 spiro atoms. The molecule has 7 heavy (non-hydrogen) atoms. The number of carboxylic acid groups (broad SMARTS) is 1. The second-order valence-electron chi connectivity index (χ2n) is 0.519. The van der Waals surface area contributed by atoms with E-state index < -0.39 is 5.97 Å². The Morgan fingerprint density at radius 1 is 1.57 bits per heavy atom. The Morgan fingerprint density at radius 3 is 1.57 bits per heavy atom. The summed E-state index contributed by atoms with van der Waals surface area (Å²) in [5.74, 6) is -0.833. The zero-order chi connectivity index (χ0) is 5.58. The van der Waals surface area contributed by atoms with Gasteiger partial charge in [-0.1, -0.05) is 0 Å². The van der Waals surface area contributed by atoms with Gasteiger partial charge >= 0.3 is 0 Å². The first-order valence-electron chi connectivity index (χ1n) is 1.37. The van der Waals surface area contributed by atoms with Gasteiger partial charge in [0.2, 0.25) is 0 Å². The molecule has 3 nitrogen and oxygen atoms in total. The van der Waals surface area contributed by atoms with Crippen LogP contribution < -0.4 is 0 Å². The smallest absolute Gasteiger partial charge is 0.300 e. The van der Waals surface area contributed by atoms with Crippen LogP contribution in [0.15, 0.2) is 0 Å². The highest BCUT2D eigenvalue weighted by Gasteiger charge is 1.65. The van der Waals surface area contributed by atoms with Gasteiger partial charge in [-0.15, -0.1) is 12.4 Å². The second-order valence-corrected chi connectivity index (χ2v) is 0.519. The fourth-order valence-corrected chi connectivity index (χ4v) is 0. The zero-order valence-corrected chi connectivity index (χ0v) is 7.03. The summed E-state index contributed by atoms with van der Waals surface area (Å²) in [4.78, 5) is 16.1. The van der Waals surface area contributed by atoms with Crippen LogP contribution in [-0.4, -0.2) is 26.4 Å². The molecule has 0 amide bonds. The molecule has 0 aliphatic carbocycles. The van der Waals surface area contributed by atoms with Crippen molar-refractivity contribution < 1.29 is 14.7 Å². The van der Waals surface area contributed by atoms with E-state index in [1.807, 2.05) is 0 Å². The number of halogens is 1. The first-order chi connectivity index (χ1) is 2.73. The highest BCUT2D eigenvalue weighted by Crippen LogP contribution is 1.42. The largest absolute Gasteiger partial charge is 0.481 e. The molecule has 0 radical (unpaired) electrons. The first-order valence-corrected chi connectivity index (χ1v) is 2.27. The molecule has 0 aromatic rings. The third-order valence-corrected chi connectivity index (χ3v) is 0. The van der Waals surface area contributed by atoms with Gasteiger partial charge < -0.3 is 9.90 Å². The van der Waals surface area contributed by atoms with Crippen LogP contribution in [0.5, 0.6) is 0 Å². The van der Waals surface area contributed by atoms with E-state index in [2.05, 4.69) is 0 Å². The van der Waals surface area contributed by atoms with Crippen LogP contribution in [0.25, 0.3) is 0 Å². The van der Waals surface area contributed by atoms with Crippen molar-refractivity contribution in [2.45, 2.75) is 6.92 Å². The number of hydrogen-bond acceptors (Lipinski definition) is 2. The van der Waals surface area contributed by atoms with Crippen molar-refractivity contribution in [3.63, 3.8) is 0 Å². The number of carbonyl (C=O) groups is 1. The third kappa shape index (κ3) is 23100. The van der Waals surface area contributed by atoms with E-state index in [1.54, 1.807) is 0 Å². The van der Waals surface area contributed by atoms with Crippen LogP contribution in [0.2, 0.25) is 0 Å². The maximum Gasteiger partial charge on any atom is 0.300 e.